The van der Waals surface area contributed by atoms with Gasteiger partial charge in [0.1, 0.15) is 0 Å². The lowest BCUT2D eigenvalue weighted by Gasteiger charge is -1.98. The van der Waals surface area contributed by atoms with E-state index in [0.29, 0.717) is 5.13 Å². The van der Waals surface area contributed by atoms with Gasteiger partial charge in [-0.25, -0.2) is 13.4 Å². The first kappa shape index (κ1) is 16.7. The number of anilines is 1. The number of carbonyl (C=O) groups is 1. The maximum atomic E-state index is 12.1. The molecule has 0 unspecified atom stereocenters. The topological polar surface area (TPSA) is 89.3 Å². The molecule has 6 nitrogen and oxygen atoms in total. The van der Waals surface area contributed by atoms with Crippen molar-refractivity contribution in [3.05, 3.63) is 28.5 Å². The molecule has 2 aromatic heterocycles. The Bertz CT molecular complexity index is 775. The molecule has 0 aliphatic carbocycles. The number of rotatable bonds is 6. The summed E-state index contributed by atoms with van der Waals surface area (Å²) in [6.45, 7) is 4.12. The molecule has 0 spiro atoms. The van der Waals surface area contributed by atoms with Crippen LogP contribution in [0.4, 0.5) is 5.13 Å². The van der Waals surface area contributed by atoms with E-state index in [1.165, 1.54) is 23.5 Å². The summed E-state index contributed by atoms with van der Waals surface area (Å²) in [4.78, 5) is 17.7. The van der Waals surface area contributed by atoms with Gasteiger partial charge < -0.3 is 4.42 Å². The number of nitrogens with one attached hydrogen (secondary N) is 1. The quantitative estimate of drug-likeness (QED) is 0.872. The molecule has 1 amide bonds. The monoisotopic (exact) mass is 342 g/mol. The van der Waals surface area contributed by atoms with E-state index in [9.17, 15) is 13.2 Å². The van der Waals surface area contributed by atoms with Gasteiger partial charge >= 0.3 is 0 Å². The first-order valence-electron chi connectivity index (χ1n) is 6.95. The molecule has 0 radical (unpaired) electrons. The van der Waals surface area contributed by atoms with Crippen LogP contribution in [0.3, 0.4) is 0 Å². The van der Waals surface area contributed by atoms with Crippen LogP contribution in [0.1, 0.15) is 41.4 Å². The minimum atomic E-state index is -3.46. The van der Waals surface area contributed by atoms with Crippen LogP contribution in [0.5, 0.6) is 0 Å². The molecular weight excluding hydrogens is 324 g/mol. The van der Waals surface area contributed by atoms with Crippen molar-refractivity contribution in [2.24, 2.45) is 0 Å². The molecule has 2 heterocycles. The van der Waals surface area contributed by atoms with E-state index in [2.05, 4.69) is 17.2 Å². The number of aromatic nitrogens is 1. The molecule has 0 aliphatic rings. The molecule has 22 heavy (non-hydrogen) atoms. The van der Waals surface area contributed by atoms with Gasteiger partial charge in [0.2, 0.25) is 14.9 Å². The highest BCUT2D eigenvalue weighted by atomic mass is 32.2. The van der Waals surface area contributed by atoms with Crippen LogP contribution in [0, 0.1) is 0 Å². The van der Waals surface area contributed by atoms with Gasteiger partial charge in [0.25, 0.3) is 5.91 Å². The van der Waals surface area contributed by atoms with Crippen molar-refractivity contribution in [3.8, 4) is 0 Å². The van der Waals surface area contributed by atoms with Crippen molar-refractivity contribution in [2.75, 3.05) is 11.6 Å². The van der Waals surface area contributed by atoms with Gasteiger partial charge in [-0.15, -0.1) is 11.3 Å². The maximum Gasteiger partial charge on any atom is 0.293 e. The summed E-state index contributed by atoms with van der Waals surface area (Å²) in [6, 6.07) is 2.61. The summed E-state index contributed by atoms with van der Waals surface area (Å²) >= 11 is 1.43. The van der Waals surface area contributed by atoms with Crippen molar-refractivity contribution in [1.29, 1.82) is 0 Å². The van der Waals surface area contributed by atoms with E-state index < -0.39 is 15.7 Å². The molecule has 0 atom stereocenters. The second-order valence-corrected chi connectivity index (χ2v) is 7.87. The smallest absolute Gasteiger partial charge is 0.293 e. The number of amides is 1. The average molecular weight is 342 g/mol. The zero-order valence-corrected chi connectivity index (χ0v) is 14.3. The second kappa shape index (κ2) is 6.62. The van der Waals surface area contributed by atoms with Crippen LogP contribution in [-0.2, 0) is 22.7 Å². The van der Waals surface area contributed by atoms with Crippen LogP contribution >= 0.6 is 11.3 Å². The van der Waals surface area contributed by atoms with Crippen LogP contribution in [0.25, 0.3) is 0 Å². The Balaban J connectivity index is 2.17. The number of hydrogen-bond donors (Lipinski definition) is 1. The Hall–Kier alpha value is -1.67. The van der Waals surface area contributed by atoms with E-state index >= 15 is 0 Å². The predicted octanol–water partition coefficient (Wildman–Crippen LogP) is 2.91. The molecule has 0 fully saturated rings. The number of nitrogens with zero attached hydrogens (tertiary/aromatic N) is 1. The lowest BCUT2D eigenvalue weighted by Crippen LogP contribution is -2.10. The molecule has 0 bridgehead atoms. The van der Waals surface area contributed by atoms with Crippen molar-refractivity contribution >= 4 is 32.2 Å². The molecular formula is C14H18N2O4S2. The number of thiazole rings is 1. The van der Waals surface area contributed by atoms with E-state index in [4.69, 9.17) is 4.42 Å². The molecule has 0 saturated carbocycles. The lowest BCUT2D eigenvalue weighted by molar-refractivity contribution is 0.0991. The van der Waals surface area contributed by atoms with Crippen molar-refractivity contribution in [2.45, 2.75) is 38.2 Å². The third-order valence-corrected chi connectivity index (χ3v) is 5.08. The van der Waals surface area contributed by atoms with Gasteiger partial charge in [-0.2, -0.15) is 0 Å². The van der Waals surface area contributed by atoms with Gasteiger partial charge in [0.05, 0.1) is 5.69 Å². The zero-order chi connectivity index (χ0) is 16.3. The molecule has 0 aliphatic heterocycles. The van der Waals surface area contributed by atoms with Gasteiger partial charge in [0.15, 0.2) is 10.9 Å². The number of sulfone groups is 1. The highest BCUT2D eigenvalue weighted by Crippen LogP contribution is 2.25. The number of aryl methyl sites for hydroxylation is 2. The minimum absolute atomic E-state index is 0.0503. The fraction of sp³-hybridized carbons (Fsp3) is 0.429. The SMILES string of the molecule is CCCc1nc(NC(=O)c2ccc(S(C)(=O)=O)o2)sc1CC. The van der Waals surface area contributed by atoms with E-state index in [0.717, 1.165) is 36.1 Å². The molecule has 2 rings (SSSR count). The van der Waals surface area contributed by atoms with Crippen molar-refractivity contribution in [3.63, 3.8) is 0 Å². The van der Waals surface area contributed by atoms with Gasteiger partial charge in [-0.3, -0.25) is 10.1 Å². The Morgan fingerprint density at radius 2 is 2.09 bits per heavy atom. The molecule has 8 heteroatoms. The third-order valence-electron chi connectivity index (χ3n) is 2.98. The van der Waals surface area contributed by atoms with E-state index in [1.54, 1.807) is 0 Å². The summed E-state index contributed by atoms with van der Waals surface area (Å²) in [5.41, 5.74) is 1.00. The Labute approximate surface area is 133 Å². The van der Waals surface area contributed by atoms with E-state index in [-0.39, 0.29) is 10.9 Å². The fourth-order valence-corrected chi connectivity index (χ4v) is 3.44. The van der Waals surface area contributed by atoms with Gasteiger partial charge in [-0.05, 0) is 25.0 Å². The molecule has 1 N–H and O–H groups in total. The first-order valence-corrected chi connectivity index (χ1v) is 9.65. The number of hydrogen-bond acceptors (Lipinski definition) is 6. The van der Waals surface area contributed by atoms with Gasteiger partial charge in [-0.1, -0.05) is 20.3 Å². The van der Waals surface area contributed by atoms with Gasteiger partial charge in [0, 0.05) is 11.1 Å². The predicted molar refractivity (Wildman–Crippen MR) is 85.3 cm³/mol. The molecule has 0 aromatic carbocycles. The van der Waals surface area contributed by atoms with Crippen LogP contribution in [-0.4, -0.2) is 25.6 Å². The first-order chi connectivity index (χ1) is 10.3. The molecule has 0 saturated heterocycles. The average Bonchev–Trinajstić information content (AvgIpc) is 3.05. The Kier molecular flexibility index (Phi) is 5.02. The van der Waals surface area contributed by atoms with Crippen LogP contribution in [0.15, 0.2) is 21.6 Å². The summed E-state index contributed by atoms with van der Waals surface area (Å²) in [6.07, 6.45) is 3.75. The van der Waals surface area contributed by atoms with Crippen molar-refractivity contribution < 1.29 is 17.6 Å². The fourth-order valence-electron chi connectivity index (χ4n) is 1.95. The second-order valence-electron chi connectivity index (χ2n) is 4.84. The highest BCUT2D eigenvalue weighted by Gasteiger charge is 2.18. The lowest BCUT2D eigenvalue weighted by atomic mass is 10.2. The Morgan fingerprint density at radius 3 is 2.64 bits per heavy atom. The normalized spacial score (nSPS) is 11.6. The number of carbonyl (C=O) groups excluding carboxylic acids is 1. The summed E-state index contributed by atoms with van der Waals surface area (Å²) in [5, 5.41) is 2.93. The number of furan rings is 1. The zero-order valence-electron chi connectivity index (χ0n) is 12.7. The molecule has 2 aromatic rings. The summed E-state index contributed by atoms with van der Waals surface area (Å²) in [7, 11) is -3.46. The van der Waals surface area contributed by atoms with Crippen LogP contribution < -0.4 is 5.32 Å². The maximum absolute atomic E-state index is 12.1. The highest BCUT2D eigenvalue weighted by molar-refractivity contribution is 7.90. The standard InChI is InChI=1S/C14H18N2O4S2/c1-4-6-9-11(5-2)21-14(15-9)16-13(17)10-7-8-12(20-10)22(3,18)19/h7-8H,4-6H2,1-3H3,(H,15,16,17). The van der Waals surface area contributed by atoms with Crippen LogP contribution in [0.2, 0.25) is 0 Å². The van der Waals surface area contributed by atoms with Crippen molar-refractivity contribution in [1.82, 2.24) is 4.98 Å². The third kappa shape index (κ3) is 3.75. The summed E-state index contributed by atoms with van der Waals surface area (Å²) in [5.74, 6) is -0.555. The largest absolute Gasteiger partial charge is 0.440 e. The molecule has 120 valence electrons. The minimum Gasteiger partial charge on any atom is -0.440 e. The summed E-state index contributed by atoms with van der Waals surface area (Å²) < 4.78 is 27.8. The Morgan fingerprint density at radius 1 is 1.36 bits per heavy atom. The van der Waals surface area contributed by atoms with E-state index in [1.807, 2.05) is 6.92 Å².